The highest BCUT2D eigenvalue weighted by atomic mass is 15.2. The lowest BCUT2D eigenvalue weighted by atomic mass is 10.3. The second-order valence-electron chi connectivity index (χ2n) is 6.61. The molecular formula is C19H23N7. The first kappa shape index (κ1) is 16.5. The number of hydrogen-bond donors (Lipinski definition) is 1. The third-order valence-corrected chi connectivity index (χ3v) is 4.67. The van der Waals surface area contributed by atoms with E-state index in [1.165, 1.54) is 5.69 Å². The van der Waals surface area contributed by atoms with Gasteiger partial charge in [0.05, 0.1) is 24.1 Å². The topological polar surface area (TPSA) is 71.8 Å². The maximum atomic E-state index is 4.66. The highest BCUT2D eigenvalue weighted by Gasteiger charge is 2.18. The van der Waals surface area contributed by atoms with Gasteiger partial charge in [0.1, 0.15) is 17.5 Å². The second kappa shape index (κ2) is 7.11. The predicted molar refractivity (Wildman–Crippen MR) is 101 cm³/mol. The Bertz CT molecular complexity index is 885. The van der Waals surface area contributed by atoms with Crippen molar-refractivity contribution in [3.05, 3.63) is 59.4 Å². The SMILES string of the molecule is Cc1ccc(NCc2cnc3n2CCN(c2cccc(C)n2)CC3)nn1. The molecule has 0 aromatic carbocycles. The van der Waals surface area contributed by atoms with E-state index in [1.807, 2.05) is 38.2 Å². The van der Waals surface area contributed by atoms with Crippen LogP contribution in [0.4, 0.5) is 11.6 Å². The van der Waals surface area contributed by atoms with Crippen molar-refractivity contribution in [2.75, 3.05) is 23.3 Å². The van der Waals surface area contributed by atoms with E-state index < -0.39 is 0 Å². The molecule has 1 N–H and O–H groups in total. The van der Waals surface area contributed by atoms with Crippen LogP contribution in [-0.2, 0) is 19.5 Å². The van der Waals surface area contributed by atoms with Crippen LogP contribution in [0.2, 0.25) is 0 Å². The molecule has 0 spiro atoms. The molecule has 7 heteroatoms. The third-order valence-electron chi connectivity index (χ3n) is 4.67. The van der Waals surface area contributed by atoms with Crippen molar-refractivity contribution in [1.29, 1.82) is 0 Å². The van der Waals surface area contributed by atoms with Gasteiger partial charge in [-0.05, 0) is 38.1 Å². The molecule has 3 aromatic rings. The zero-order valence-electron chi connectivity index (χ0n) is 15.2. The predicted octanol–water partition coefficient (Wildman–Crippen LogP) is 2.36. The lowest BCUT2D eigenvalue weighted by Crippen LogP contribution is -2.27. The number of aryl methyl sites for hydroxylation is 2. The van der Waals surface area contributed by atoms with Crippen molar-refractivity contribution in [1.82, 2.24) is 24.7 Å². The zero-order valence-corrected chi connectivity index (χ0v) is 15.2. The van der Waals surface area contributed by atoms with Crippen molar-refractivity contribution < 1.29 is 0 Å². The van der Waals surface area contributed by atoms with Crippen LogP contribution in [0.25, 0.3) is 0 Å². The van der Waals surface area contributed by atoms with Crippen molar-refractivity contribution in [2.24, 2.45) is 0 Å². The largest absolute Gasteiger partial charge is 0.363 e. The minimum atomic E-state index is 0.688. The number of nitrogens with zero attached hydrogens (tertiary/aromatic N) is 6. The summed E-state index contributed by atoms with van der Waals surface area (Å²) in [5.74, 6) is 2.96. The standard InChI is InChI=1S/C19H23N7/c1-14-4-3-5-19(22-14)25-9-8-18-21-13-16(26(18)11-10-25)12-20-17-7-6-15(2)23-24-17/h3-7,13H,8-12H2,1-2H3,(H,20,24). The summed E-state index contributed by atoms with van der Waals surface area (Å²) in [6, 6.07) is 10.1. The third kappa shape index (κ3) is 3.51. The first-order valence-corrected chi connectivity index (χ1v) is 8.95. The molecule has 3 aromatic heterocycles. The van der Waals surface area contributed by atoms with Crippen LogP contribution in [0.1, 0.15) is 22.9 Å². The summed E-state index contributed by atoms with van der Waals surface area (Å²) >= 11 is 0. The molecule has 7 nitrogen and oxygen atoms in total. The van der Waals surface area contributed by atoms with E-state index in [2.05, 4.69) is 47.1 Å². The Morgan fingerprint density at radius 2 is 1.92 bits per heavy atom. The molecule has 0 bridgehead atoms. The van der Waals surface area contributed by atoms with Gasteiger partial charge in [0, 0.05) is 31.7 Å². The van der Waals surface area contributed by atoms with E-state index in [0.717, 1.165) is 54.9 Å². The van der Waals surface area contributed by atoms with E-state index in [0.29, 0.717) is 6.54 Å². The monoisotopic (exact) mass is 349 g/mol. The Morgan fingerprint density at radius 3 is 2.73 bits per heavy atom. The van der Waals surface area contributed by atoms with E-state index >= 15 is 0 Å². The number of nitrogens with one attached hydrogen (secondary N) is 1. The quantitative estimate of drug-likeness (QED) is 0.780. The molecule has 0 radical (unpaired) electrons. The van der Waals surface area contributed by atoms with E-state index in [1.54, 1.807) is 0 Å². The Hall–Kier alpha value is -2.96. The van der Waals surface area contributed by atoms with Crippen LogP contribution in [0.15, 0.2) is 36.5 Å². The fourth-order valence-electron chi connectivity index (χ4n) is 3.24. The lowest BCUT2D eigenvalue weighted by Gasteiger charge is -2.21. The Balaban J connectivity index is 1.45. The van der Waals surface area contributed by atoms with Gasteiger partial charge in [-0.3, -0.25) is 0 Å². The summed E-state index contributed by atoms with van der Waals surface area (Å²) in [6.07, 6.45) is 2.88. The number of fused-ring (bicyclic) bond motifs is 1. The molecule has 26 heavy (non-hydrogen) atoms. The smallest absolute Gasteiger partial charge is 0.148 e. The highest BCUT2D eigenvalue weighted by Crippen LogP contribution is 2.18. The van der Waals surface area contributed by atoms with Gasteiger partial charge in [-0.15, -0.1) is 5.10 Å². The summed E-state index contributed by atoms with van der Waals surface area (Å²) in [5.41, 5.74) is 3.13. The van der Waals surface area contributed by atoms with Gasteiger partial charge in [0.25, 0.3) is 0 Å². The molecule has 0 unspecified atom stereocenters. The maximum Gasteiger partial charge on any atom is 0.148 e. The summed E-state index contributed by atoms with van der Waals surface area (Å²) in [6.45, 7) is 7.42. The normalized spacial score (nSPS) is 14.0. The second-order valence-corrected chi connectivity index (χ2v) is 6.61. The van der Waals surface area contributed by atoms with E-state index in [9.17, 15) is 0 Å². The first-order chi connectivity index (χ1) is 12.7. The molecular weight excluding hydrogens is 326 g/mol. The summed E-state index contributed by atoms with van der Waals surface area (Å²) in [7, 11) is 0. The lowest BCUT2D eigenvalue weighted by molar-refractivity contribution is 0.658. The molecule has 0 fully saturated rings. The minimum absolute atomic E-state index is 0.688. The van der Waals surface area contributed by atoms with Gasteiger partial charge < -0.3 is 14.8 Å². The van der Waals surface area contributed by atoms with E-state index in [-0.39, 0.29) is 0 Å². The van der Waals surface area contributed by atoms with Crippen molar-refractivity contribution in [3.8, 4) is 0 Å². The summed E-state index contributed by atoms with van der Waals surface area (Å²) < 4.78 is 2.31. The molecule has 0 atom stereocenters. The van der Waals surface area contributed by atoms with Crippen LogP contribution in [-0.4, -0.2) is 37.8 Å². The molecule has 0 saturated heterocycles. The number of anilines is 2. The molecule has 0 aliphatic carbocycles. The molecule has 1 aliphatic heterocycles. The summed E-state index contributed by atoms with van der Waals surface area (Å²) in [4.78, 5) is 11.6. The van der Waals surface area contributed by atoms with Gasteiger partial charge in [0.15, 0.2) is 0 Å². The number of aromatic nitrogens is 5. The Labute approximate surface area is 153 Å². The van der Waals surface area contributed by atoms with Crippen LogP contribution < -0.4 is 10.2 Å². The highest BCUT2D eigenvalue weighted by molar-refractivity contribution is 5.40. The first-order valence-electron chi connectivity index (χ1n) is 8.95. The number of imidazole rings is 1. The molecule has 0 amide bonds. The average Bonchev–Trinajstić information content (AvgIpc) is 2.90. The Kier molecular flexibility index (Phi) is 4.51. The molecule has 4 heterocycles. The molecule has 134 valence electrons. The summed E-state index contributed by atoms with van der Waals surface area (Å²) in [5, 5.41) is 11.6. The number of pyridine rings is 1. The fourth-order valence-corrected chi connectivity index (χ4v) is 3.24. The van der Waals surface area contributed by atoms with Crippen LogP contribution >= 0.6 is 0 Å². The molecule has 0 saturated carbocycles. The van der Waals surface area contributed by atoms with Gasteiger partial charge in [-0.2, -0.15) is 5.10 Å². The van der Waals surface area contributed by atoms with Gasteiger partial charge in [0.2, 0.25) is 0 Å². The van der Waals surface area contributed by atoms with E-state index in [4.69, 9.17) is 0 Å². The molecule has 1 aliphatic rings. The van der Waals surface area contributed by atoms with Crippen molar-refractivity contribution in [2.45, 2.75) is 33.4 Å². The number of hydrogen-bond acceptors (Lipinski definition) is 6. The Morgan fingerprint density at radius 1 is 1.00 bits per heavy atom. The van der Waals surface area contributed by atoms with Crippen molar-refractivity contribution >= 4 is 11.6 Å². The van der Waals surface area contributed by atoms with Gasteiger partial charge >= 0.3 is 0 Å². The van der Waals surface area contributed by atoms with Gasteiger partial charge in [-0.1, -0.05) is 6.07 Å². The van der Waals surface area contributed by atoms with Crippen LogP contribution in [0, 0.1) is 13.8 Å². The molecule has 4 rings (SSSR count). The average molecular weight is 349 g/mol. The van der Waals surface area contributed by atoms with Crippen molar-refractivity contribution in [3.63, 3.8) is 0 Å². The minimum Gasteiger partial charge on any atom is -0.363 e. The zero-order chi connectivity index (χ0) is 17.9. The van der Waals surface area contributed by atoms with Crippen LogP contribution in [0.5, 0.6) is 0 Å². The van der Waals surface area contributed by atoms with Gasteiger partial charge in [-0.25, -0.2) is 9.97 Å². The maximum absolute atomic E-state index is 4.66. The van der Waals surface area contributed by atoms with Crippen LogP contribution in [0.3, 0.4) is 0 Å². The fraction of sp³-hybridized carbons (Fsp3) is 0.368. The number of rotatable bonds is 4.